The van der Waals surface area contributed by atoms with Gasteiger partial charge in [0, 0.05) is 31.1 Å². The molecule has 1 saturated carbocycles. The monoisotopic (exact) mass is 401 g/mol. The highest BCUT2D eigenvalue weighted by Crippen LogP contribution is 2.39. The van der Waals surface area contributed by atoms with Gasteiger partial charge >= 0.3 is 0 Å². The van der Waals surface area contributed by atoms with Gasteiger partial charge < -0.3 is 15.0 Å². The zero-order chi connectivity index (χ0) is 20.5. The van der Waals surface area contributed by atoms with E-state index in [9.17, 15) is 4.79 Å². The van der Waals surface area contributed by atoms with E-state index >= 15 is 0 Å². The van der Waals surface area contributed by atoms with Crippen molar-refractivity contribution in [3.05, 3.63) is 72.1 Å². The Kier molecular flexibility index (Phi) is 5.03. The van der Waals surface area contributed by atoms with E-state index in [4.69, 9.17) is 4.74 Å². The Morgan fingerprint density at radius 3 is 2.70 bits per heavy atom. The van der Waals surface area contributed by atoms with Crippen LogP contribution in [0.25, 0.3) is 6.08 Å². The van der Waals surface area contributed by atoms with Gasteiger partial charge in [-0.3, -0.25) is 4.79 Å². The molecule has 2 fully saturated rings. The average molecular weight is 402 g/mol. The van der Waals surface area contributed by atoms with E-state index in [0.29, 0.717) is 11.8 Å². The Morgan fingerprint density at radius 1 is 1.17 bits per heavy atom. The average Bonchev–Trinajstić information content (AvgIpc) is 3.31. The van der Waals surface area contributed by atoms with Crippen molar-refractivity contribution in [3.63, 3.8) is 0 Å². The Bertz CT molecular complexity index is 971. The van der Waals surface area contributed by atoms with E-state index in [2.05, 4.69) is 22.9 Å². The molecule has 1 aromatic carbocycles. The van der Waals surface area contributed by atoms with E-state index in [0.717, 1.165) is 61.6 Å². The van der Waals surface area contributed by atoms with Gasteiger partial charge in [-0.15, -0.1) is 0 Å². The number of rotatable bonds is 4. The van der Waals surface area contributed by atoms with Crippen molar-refractivity contribution in [1.29, 1.82) is 0 Å². The molecule has 1 unspecified atom stereocenters. The third kappa shape index (κ3) is 3.97. The van der Waals surface area contributed by atoms with E-state index < -0.39 is 0 Å². The first-order valence-electron chi connectivity index (χ1n) is 10.8. The largest absolute Gasteiger partial charge is 0.490 e. The van der Waals surface area contributed by atoms with Gasteiger partial charge in [0.1, 0.15) is 11.6 Å². The molecule has 1 amide bonds. The van der Waals surface area contributed by atoms with Crippen LogP contribution in [0.4, 0.5) is 5.82 Å². The van der Waals surface area contributed by atoms with Gasteiger partial charge in [-0.1, -0.05) is 24.8 Å². The molecule has 30 heavy (non-hydrogen) atoms. The summed E-state index contributed by atoms with van der Waals surface area (Å²) in [4.78, 5) is 19.2. The van der Waals surface area contributed by atoms with Crippen molar-refractivity contribution in [1.82, 2.24) is 9.88 Å². The summed E-state index contributed by atoms with van der Waals surface area (Å²) in [5.74, 6) is 3.00. The van der Waals surface area contributed by atoms with Gasteiger partial charge in [-0.05, 0) is 72.9 Å². The SMILES string of the molecule is C=C1CCc2cc(/C=C/C(=O)N3C[C@H]4CC(Oc5ccccc5)C[C@H]4C3)cnc2N1. The maximum absolute atomic E-state index is 12.7. The standard InChI is InChI=1S/C25H27N3O2/c1-17-7-9-19-11-18(14-26-25(19)27-17)8-10-24(29)28-15-20-12-23(13-21(20)16-28)30-22-5-3-2-4-6-22/h2-6,8,10-11,14,20-21,23H,1,7,9,12-13,15-16H2,(H,26,27)/b10-8+/t20-,21+,23?. The summed E-state index contributed by atoms with van der Waals surface area (Å²) in [5, 5.41) is 3.22. The van der Waals surface area contributed by atoms with Crippen LogP contribution < -0.4 is 10.1 Å². The van der Waals surface area contributed by atoms with Crippen molar-refractivity contribution in [2.75, 3.05) is 18.4 Å². The molecular formula is C25H27N3O2. The molecule has 5 heteroatoms. The fourth-order valence-electron chi connectivity index (χ4n) is 4.92. The van der Waals surface area contributed by atoms with E-state index in [1.807, 2.05) is 41.3 Å². The number of fused-ring (bicyclic) bond motifs is 2. The molecule has 5 nitrogen and oxygen atoms in total. The van der Waals surface area contributed by atoms with Crippen molar-refractivity contribution < 1.29 is 9.53 Å². The van der Waals surface area contributed by atoms with Crippen LogP contribution in [-0.4, -0.2) is 35.0 Å². The lowest BCUT2D eigenvalue weighted by atomic mass is 10.0. The molecule has 3 atom stereocenters. The van der Waals surface area contributed by atoms with E-state index in [-0.39, 0.29) is 12.0 Å². The van der Waals surface area contributed by atoms with Crippen LogP contribution in [0.1, 0.15) is 30.4 Å². The number of likely N-dealkylation sites (tertiary alicyclic amines) is 1. The Hall–Kier alpha value is -3.08. The van der Waals surface area contributed by atoms with Crippen molar-refractivity contribution in [2.45, 2.75) is 31.8 Å². The summed E-state index contributed by atoms with van der Waals surface area (Å²) in [5.41, 5.74) is 3.15. The fraction of sp³-hybridized carbons (Fsp3) is 0.360. The van der Waals surface area contributed by atoms with E-state index in [1.54, 1.807) is 12.3 Å². The maximum atomic E-state index is 12.7. The summed E-state index contributed by atoms with van der Waals surface area (Å²) < 4.78 is 6.13. The molecule has 2 aliphatic heterocycles. The minimum atomic E-state index is 0.0918. The number of aryl methyl sites for hydroxylation is 1. The van der Waals surface area contributed by atoms with Gasteiger partial charge in [0.2, 0.25) is 5.91 Å². The minimum absolute atomic E-state index is 0.0918. The number of amides is 1. The molecule has 0 radical (unpaired) electrons. The first-order chi connectivity index (χ1) is 14.6. The Balaban J connectivity index is 1.16. The molecule has 3 aliphatic rings. The van der Waals surface area contributed by atoms with Crippen LogP contribution in [0, 0.1) is 11.8 Å². The summed E-state index contributed by atoms with van der Waals surface area (Å²) in [7, 11) is 0. The van der Waals surface area contributed by atoms with Crippen LogP contribution >= 0.6 is 0 Å². The number of hydrogen-bond donors (Lipinski definition) is 1. The van der Waals surface area contributed by atoms with Crippen LogP contribution in [0.5, 0.6) is 5.75 Å². The smallest absolute Gasteiger partial charge is 0.246 e. The second-order valence-electron chi connectivity index (χ2n) is 8.63. The number of ether oxygens (including phenoxy) is 1. The number of hydrogen-bond acceptors (Lipinski definition) is 4. The zero-order valence-corrected chi connectivity index (χ0v) is 17.1. The zero-order valence-electron chi connectivity index (χ0n) is 17.1. The lowest BCUT2D eigenvalue weighted by Crippen LogP contribution is -2.29. The number of nitrogens with zero attached hydrogens (tertiary/aromatic N) is 2. The highest BCUT2D eigenvalue weighted by molar-refractivity contribution is 5.92. The number of carbonyl (C=O) groups excluding carboxylic acids is 1. The summed E-state index contributed by atoms with van der Waals surface area (Å²) in [6.45, 7) is 5.63. The predicted molar refractivity (Wildman–Crippen MR) is 118 cm³/mol. The molecule has 0 bridgehead atoms. The van der Waals surface area contributed by atoms with Gasteiger partial charge in [0.05, 0.1) is 6.10 Å². The molecule has 1 aromatic heterocycles. The first kappa shape index (κ1) is 18.9. The number of aromatic nitrogens is 1. The lowest BCUT2D eigenvalue weighted by Gasteiger charge is -2.19. The number of para-hydroxylation sites is 1. The van der Waals surface area contributed by atoms with Crippen LogP contribution in [0.2, 0.25) is 0 Å². The van der Waals surface area contributed by atoms with Crippen molar-refractivity contribution >= 4 is 17.8 Å². The normalized spacial score (nSPS) is 25.1. The van der Waals surface area contributed by atoms with Crippen LogP contribution in [-0.2, 0) is 11.2 Å². The number of allylic oxidation sites excluding steroid dienone is 1. The number of nitrogens with one attached hydrogen (secondary N) is 1. The van der Waals surface area contributed by atoms with Gasteiger partial charge in [-0.25, -0.2) is 4.98 Å². The fourth-order valence-corrected chi connectivity index (χ4v) is 4.92. The third-order valence-corrected chi connectivity index (χ3v) is 6.46. The summed E-state index contributed by atoms with van der Waals surface area (Å²) in [6, 6.07) is 12.1. The van der Waals surface area contributed by atoms with Gasteiger partial charge in [-0.2, -0.15) is 0 Å². The Morgan fingerprint density at radius 2 is 1.93 bits per heavy atom. The molecule has 2 aromatic rings. The number of benzene rings is 1. The highest BCUT2D eigenvalue weighted by atomic mass is 16.5. The number of pyridine rings is 1. The first-order valence-corrected chi connectivity index (χ1v) is 10.8. The second-order valence-corrected chi connectivity index (χ2v) is 8.63. The molecule has 154 valence electrons. The van der Waals surface area contributed by atoms with E-state index in [1.165, 1.54) is 5.56 Å². The van der Waals surface area contributed by atoms with Gasteiger partial charge in [0.15, 0.2) is 0 Å². The molecule has 0 spiro atoms. The minimum Gasteiger partial charge on any atom is -0.490 e. The molecule has 1 N–H and O–H groups in total. The Labute approximate surface area is 177 Å². The van der Waals surface area contributed by atoms with Crippen molar-refractivity contribution in [2.24, 2.45) is 11.8 Å². The molecule has 5 rings (SSSR count). The molecule has 1 aliphatic carbocycles. The second kappa shape index (κ2) is 7.98. The molecule has 3 heterocycles. The third-order valence-electron chi connectivity index (χ3n) is 6.46. The quantitative estimate of drug-likeness (QED) is 0.777. The van der Waals surface area contributed by atoms with Crippen LogP contribution in [0.15, 0.2) is 60.9 Å². The van der Waals surface area contributed by atoms with Gasteiger partial charge in [0.25, 0.3) is 0 Å². The predicted octanol–water partition coefficient (Wildman–Crippen LogP) is 4.28. The number of anilines is 1. The number of carbonyl (C=O) groups is 1. The highest BCUT2D eigenvalue weighted by Gasteiger charge is 2.42. The van der Waals surface area contributed by atoms with Crippen LogP contribution in [0.3, 0.4) is 0 Å². The summed E-state index contributed by atoms with van der Waals surface area (Å²) >= 11 is 0. The summed E-state index contributed by atoms with van der Waals surface area (Å²) in [6.07, 6.45) is 9.56. The lowest BCUT2D eigenvalue weighted by molar-refractivity contribution is -0.125. The maximum Gasteiger partial charge on any atom is 0.246 e. The van der Waals surface area contributed by atoms with Crippen molar-refractivity contribution in [3.8, 4) is 5.75 Å². The molecular weight excluding hydrogens is 374 g/mol. The molecule has 1 saturated heterocycles. The topological polar surface area (TPSA) is 54.5 Å².